The molecule has 4 heteroatoms. The van der Waals surface area contributed by atoms with E-state index in [-0.39, 0.29) is 10.7 Å². The Labute approximate surface area is 113 Å². The monoisotopic (exact) mass is 275 g/mol. The number of hydrogen-bond acceptors (Lipinski definition) is 3. The van der Waals surface area contributed by atoms with Gasteiger partial charge < -0.3 is 5.32 Å². The highest BCUT2D eigenvalue weighted by Gasteiger charge is 2.33. The van der Waals surface area contributed by atoms with Crippen LogP contribution >= 0.6 is 0 Å². The maximum absolute atomic E-state index is 12.0. The van der Waals surface area contributed by atoms with Gasteiger partial charge in [0.1, 0.15) is 0 Å². The fraction of sp³-hybridized carbons (Fsp3) is 1.00. The standard InChI is InChI=1S/C14H29NO2S/c1-4-15-12-14(8-6-5-7-9-14)10-11-18(16,17)13(2)3/h13,15H,4-12H2,1-3H3. The molecule has 0 atom stereocenters. The van der Waals surface area contributed by atoms with Crippen molar-refractivity contribution in [3.05, 3.63) is 0 Å². The van der Waals surface area contributed by atoms with E-state index in [1.165, 1.54) is 32.1 Å². The van der Waals surface area contributed by atoms with Gasteiger partial charge in [-0.05, 0) is 45.1 Å². The summed E-state index contributed by atoms with van der Waals surface area (Å²) in [6, 6.07) is 0. The van der Waals surface area contributed by atoms with Crippen molar-refractivity contribution in [3.63, 3.8) is 0 Å². The molecule has 1 saturated carbocycles. The van der Waals surface area contributed by atoms with E-state index >= 15 is 0 Å². The minimum Gasteiger partial charge on any atom is -0.316 e. The lowest BCUT2D eigenvalue weighted by Crippen LogP contribution is -2.38. The summed E-state index contributed by atoms with van der Waals surface area (Å²) >= 11 is 0. The van der Waals surface area contributed by atoms with E-state index in [1.54, 1.807) is 13.8 Å². The molecule has 0 saturated heterocycles. The molecule has 0 unspecified atom stereocenters. The van der Waals surface area contributed by atoms with Gasteiger partial charge in [-0.15, -0.1) is 0 Å². The van der Waals surface area contributed by atoms with Crippen LogP contribution in [0.15, 0.2) is 0 Å². The summed E-state index contributed by atoms with van der Waals surface area (Å²) in [4.78, 5) is 0. The molecule has 0 heterocycles. The molecular formula is C14H29NO2S. The van der Waals surface area contributed by atoms with Crippen molar-refractivity contribution in [3.8, 4) is 0 Å². The van der Waals surface area contributed by atoms with Crippen LogP contribution in [0.2, 0.25) is 0 Å². The summed E-state index contributed by atoms with van der Waals surface area (Å²) in [5.74, 6) is 0.357. The SMILES string of the molecule is CCNCC1(CCS(=O)(=O)C(C)C)CCCCC1. The van der Waals surface area contributed by atoms with Crippen molar-refractivity contribution >= 4 is 9.84 Å². The van der Waals surface area contributed by atoms with E-state index in [1.807, 2.05) is 0 Å². The van der Waals surface area contributed by atoms with Gasteiger partial charge in [0.05, 0.1) is 11.0 Å². The maximum Gasteiger partial charge on any atom is 0.152 e. The van der Waals surface area contributed by atoms with Crippen LogP contribution in [0, 0.1) is 5.41 Å². The quantitative estimate of drug-likeness (QED) is 0.777. The number of hydrogen-bond donors (Lipinski definition) is 1. The van der Waals surface area contributed by atoms with E-state index in [2.05, 4.69) is 12.2 Å². The second-order valence-electron chi connectivity index (χ2n) is 6.01. The second-order valence-corrected chi connectivity index (χ2v) is 8.68. The summed E-state index contributed by atoms with van der Waals surface area (Å²) in [5.41, 5.74) is 0.232. The van der Waals surface area contributed by atoms with Crippen LogP contribution in [0.1, 0.15) is 59.3 Å². The number of rotatable bonds is 7. The fourth-order valence-corrected chi connectivity index (χ4v) is 3.99. The largest absolute Gasteiger partial charge is 0.316 e. The van der Waals surface area contributed by atoms with Gasteiger partial charge in [0.15, 0.2) is 9.84 Å². The third-order valence-electron chi connectivity index (χ3n) is 4.30. The van der Waals surface area contributed by atoms with E-state index < -0.39 is 9.84 Å². The van der Waals surface area contributed by atoms with Gasteiger partial charge in [-0.25, -0.2) is 8.42 Å². The lowest BCUT2D eigenvalue weighted by atomic mass is 9.72. The summed E-state index contributed by atoms with van der Waals surface area (Å²) in [7, 11) is -2.89. The van der Waals surface area contributed by atoms with E-state index in [9.17, 15) is 8.42 Å². The van der Waals surface area contributed by atoms with E-state index in [0.717, 1.165) is 19.5 Å². The molecule has 3 nitrogen and oxygen atoms in total. The van der Waals surface area contributed by atoms with E-state index in [4.69, 9.17) is 0 Å². The van der Waals surface area contributed by atoms with Crippen LogP contribution < -0.4 is 5.32 Å². The number of sulfone groups is 1. The molecule has 1 aliphatic carbocycles. The van der Waals surface area contributed by atoms with Gasteiger partial charge in [-0.1, -0.05) is 26.2 Å². The molecule has 1 N–H and O–H groups in total. The average Bonchev–Trinajstić information content (AvgIpc) is 2.35. The first kappa shape index (κ1) is 16.0. The van der Waals surface area contributed by atoms with Gasteiger partial charge in [0.2, 0.25) is 0 Å². The Balaban J connectivity index is 2.61. The molecule has 0 spiro atoms. The van der Waals surface area contributed by atoms with Crippen LogP contribution in [-0.4, -0.2) is 32.5 Å². The molecule has 1 aliphatic rings. The summed E-state index contributed by atoms with van der Waals surface area (Å²) in [5, 5.41) is 3.19. The minimum absolute atomic E-state index is 0.232. The van der Waals surface area contributed by atoms with Crippen molar-refractivity contribution in [1.29, 1.82) is 0 Å². The molecule has 0 aromatic heterocycles. The lowest BCUT2D eigenvalue weighted by Gasteiger charge is -2.37. The van der Waals surface area contributed by atoms with Gasteiger partial charge in [-0.2, -0.15) is 0 Å². The summed E-state index contributed by atoms with van der Waals surface area (Å²) < 4.78 is 23.9. The zero-order valence-electron chi connectivity index (χ0n) is 12.2. The predicted octanol–water partition coefficient (Wildman–Crippen LogP) is 2.76. The molecule has 1 fully saturated rings. The Hall–Kier alpha value is -0.0900. The summed E-state index contributed by atoms with van der Waals surface area (Å²) in [6.45, 7) is 7.64. The lowest BCUT2D eigenvalue weighted by molar-refractivity contribution is 0.176. The smallest absolute Gasteiger partial charge is 0.152 e. The van der Waals surface area contributed by atoms with Gasteiger partial charge in [0.25, 0.3) is 0 Å². The fourth-order valence-electron chi connectivity index (χ4n) is 2.80. The van der Waals surface area contributed by atoms with Crippen LogP contribution in [-0.2, 0) is 9.84 Å². The molecule has 0 radical (unpaired) electrons. The third-order valence-corrected chi connectivity index (χ3v) is 6.51. The van der Waals surface area contributed by atoms with E-state index in [0.29, 0.717) is 5.75 Å². The molecule has 0 bridgehead atoms. The Morgan fingerprint density at radius 3 is 2.28 bits per heavy atom. The molecule has 0 aliphatic heterocycles. The molecule has 1 rings (SSSR count). The molecule has 0 aromatic carbocycles. The summed E-state index contributed by atoms with van der Waals surface area (Å²) in [6.07, 6.45) is 7.03. The normalized spacial score (nSPS) is 20.2. The maximum atomic E-state index is 12.0. The first-order chi connectivity index (χ1) is 8.42. The van der Waals surface area contributed by atoms with Crippen molar-refractivity contribution in [2.45, 2.75) is 64.5 Å². The molecule has 0 amide bonds. The Kier molecular flexibility index (Phi) is 6.12. The molecule has 108 valence electrons. The zero-order chi connectivity index (χ0) is 13.6. The highest BCUT2D eigenvalue weighted by molar-refractivity contribution is 7.91. The van der Waals surface area contributed by atoms with Crippen molar-refractivity contribution in [2.75, 3.05) is 18.8 Å². The van der Waals surface area contributed by atoms with Crippen LogP contribution in [0.5, 0.6) is 0 Å². The van der Waals surface area contributed by atoms with Crippen molar-refractivity contribution < 1.29 is 8.42 Å². The van der Waals surface area contributed by atoms with Gasteiger partial charge in [0, 0.05) is 6.54 Å². The van der Waals surface area contributed by atoms with Crippen LogP contribution in [0.3, 0.4) is 0 Å². The van der Waals surface area contributed by atoms with Crippen molar-refractivity contribution in [2.24, 2.45) is 5.41 Å². The zero-order valence-corrected chi connectivity index (χ0v) is 13.0. The highest BCUT2D eigenvalue weighted by atomic mass is 32.2. The number of nitrogens with one attached hydrogen (secondary N) is 1. The second kappa shape index (κ2) is 6.90. The first-order valence-corrected chi connectivity index (χ1v) is 9.06. The minimum atomic E-state index is -2.89. The Morgan fingerprint density at radius 2 is 1.78 bits per heavy atom. The first-order valence-electron chi connectivity index (χ1n) is 7.34. The molecular weight excluding hydrogens is 246 g/mol. The predicted molar refractivity (Wildman–Crippen MR) is 77.6 cm³/mol. The molecule has 18 heavy (non-hydrogen) atoms. The van der Waals surface area contributed by atoms with Crippen LogP contribution in [0.4, 0.5) is 0 Å². The van der Waals surface area contributed by atoms with Crippen molar-refractivity contribution in [1.82, 2.24) is 5.32 Å². The van der Waals surface area contributed by atoms with Crippen LogP contribution in [0.25, 0.3) is 0 Å². The van der Waals surface area contributed by atoms with Gasteiger partial charge >= 0.3 is 0 Å². The highest BCUT2D eigenvalue weighted by Crippen LogP contribution is 2.39. The average molecular weight is 275 g/mol. The topological polar surface area (TPSA) is 46.2 Å². The Bertz CT molecular complexity index is 330. The third kappa shape index (κ3) is 4.54. The Morgan fingerprint density at radius 1 is 1.17 bits per heavy atom. The molecule has 0 aromatic rings. The van der Waals surface area contributed by atoms with Gasteiger partial charge in [-0.3, -0.25) is 0 Å².